The Morgan fingerprint density at radius 2 is 2.14 bits per heavy atom. The summed E-state index contributed by atoms with van der Waals surface area (Å²) in [7, 11) is 3.70. The zero-order chi connectivity index (χ0) is 11.2. The molecule has 0 aliphatic heterocycles. The number of likely N-dealkylation sites (N-methyl/N-ethyl adjacent to an activating group) is 2. The SMILES string of the molecule is CCC(C)(CN)C(=O)N(C)CCNC. The van der Waals surface area contributed by atoms with Crippen molar-refractivity contribution in [3.05, 3.63) is 0 Å². The Bertz CT molecular complexity index is 178. The third kappa shape index (κ3) is 3.27. The molecule has 84 valence electrons. The lowest BCUT2D eigenvalue weighted by Gasteiger charge is -2.30. The highest BCUT2D eigenvalue weighted by atomic mass is 16.2. The molecule has 4 heteroatoms. The molecule has 0 rings (SSSR count). The molecule has 0 spiro atoms. The molecule has 0 fully saturated rings. The molecule has 1 unspecified atom stereocenters. The Kier molecular flexibility index (Phi) is 5.72. The lowest BCUT2D eigenvalue weighted by atomic mass is 9.86. The maximum Gasteiger partial charge on any atom is 0.229 e. The van der Waals surface area contributed by atoms with Crippen LogP contribution in [0.25, 0.3) is 0 Å². The van der Waals surface area contributed by atoms with Crippen LogP contribution in [0.15, 0.2) is 0 Å². The van der Waals surface area contributed by atoms with Crippen LogP contribution in [0, 0.1) is 5.41 Å². The average molecular weight is 201 g/mol. The van der Waals surface area contributed by atoms with Crippen LogP contribution in [0.3, 0.4) is 0 Å². The van der Waals surface area contributed by atoms with Gasteiger partial charge in [-0.25, -0.2) is 0 Å². The molecule has 1 atom stereocenters. The molecule has 0 saturated heterocycles. The normalized spacial score (nSPS) is 14.9. The summed E-state index contributed by atoms with van der Waals surface area (Å²) in [4.78, 5) is 13.7. The fourth-order valence-electron chi connectivity index (χ4n) is 1.22. The van der Waals surface area contributed by atoms with E-state index in [-0.39, 0.29) is 5.91 Å². The summed E-state index contributed by atoms with van der Waals surface area (Å²) in [5, 5.41) is 3.02. The van der Waals surface area contributed by atoms with Crippen LogP contribution in [0.5, 0.6) is 0 Å². The predicted molar refractivity (Wildman–Crippen MR) is 59.0 cm³/mol. The molecule has 1 amide bonds. The zero-order valence-corrected chi connectivity index (χ0v) is 9.76. The predicted octanol–water partition coefficient (Wildman–Crippen LogP) is 0.0392. The van der Waals surface area contributed by atoms with Gasteiger partial charge in [0, 0.05) is 26.7 Å². The van der Waals surface area contributed by atoms with Gasteiger partial charge < -0.3 is 16.0 Å². The second-order valence-corrected chi connectivity index (χ2v) is 3.95. The van der Waals surface area contributed by atoms with E-state index in [2.05, 4.69) is 5.32 Å². The van der Waals surface area contributed by atoms with E-state index < -0.39 is 5.41 Å². The molecular weight excluding hydrogens is 178 g/mol. The number of carbonyl (C=O) groups excluding carboxylic acids is 1. The minimum atomic E-state index is -0.400. The van der Waals surface area contributed by atoms with Crippen molar-refractivity contribution in [2.45, 2.75) is 20.3 Å². The molecule has 0 bridgehead atoms. The Morgan fingerprint density at radius 1 is 1.57 bits per heavy atom. The van der Waals surface area contributed by atoms with Gasteiger partial charge >= 0.3 is 0 Å². The third-order valence-electron chi connectivity index (χ3n) is 2.79. The van der Waals surface area contributed by atoms with Crippen molar-refractivity contribution in [1.29, 1.82) is 0 Å². The van der Waals surface area contributed by atoms with E-state index in [4.69, 9.17) is 5.73 Å². The van der Waals surface area contributed by atoms with Crippen LogP contribution in [-0.4, -0.2) is 44.5 Å². The molecule has 4 nitrogen and oxygen atoms in total. The molecule has 0 aliphatic rings. The van der Waals surface area contributed by atoms with Gasteiger partial charge in [-0.3, -0.25) is 4.79 Å². The van der Waals surface area contributed by atoms with E-state index >= 15 is 0 Å². The van der Waals surface area contributed by atoms with Crippen molar-refractivity contribution >= 4 is 5.91 Å². The van der Waals surface area contributed by atoms with Crippen molar-refractivity contribution in [3.63, 3.8) is 0 Å². The molecule has 0 radical (unpaired) electrons. The Hall–Kier alpha value is -0.610. The molecule has 14 heavy (non-hydrogen) atoms. The summed E-state index contributed by atoms with van der Waals surface area (Å²) in [6.07, 6.45) is 0.784. The first-order chi connectivity index (χ1) is 6.51. The van der Waals surface area contributed by atoms with Crippen LogP contribution in [-0.2, 0) is 4.79 Å². The van der Waals surface area contributed by atoms with Gasteiger partial charge in [0.2, 0.25) is 5.91 Å². The van der Waals surface area contributed by atoms with Crippen LogP contribution >= 0.6 is 0 Å². The van der Waals surface area contributed by atoms with Crippen molar-refractivity contribution in [2.75, 3.05) is 33.7 Å². The maximum atomic E-state index is 12.0. The quantitative estimate of drug-likeness (QED) is 0.638. The molecule has 0 aromatic carbocycles. The highest BCUT2D eigenvalue weighted by Crippen LogP contribution is 2.21. The fourth-order valence-corrected chi connectivity index (χ4v) is 1.22. The lowest BCUT2D eigenvalue weighted by Crippen LogP contribution is -2.46. The van der Waals surface area contributed by atoms with E-state index in [9.17, 15) is 4.79 Å². The van der Waals surface area contributed by atoms with E-state index in [0.717, 1.165) is 19.5 Å². The first-order valence-corrected chi connectivity index (χ1v) is 5.12. The topological polar surface area (TPSA) is 58.4 Å². The van der Waals surface area contributed by atoms with Crippen LogP contribution < -0.4 is 11.1 Å². The van der Waals surface area contributed by atoms with E-state index in [1.165, 1.54) is 0 Å². The fraction of sp³-hybridized carbons (Fsp3) is 0.900. The van der Waals surface area contributed by atoms with Gasteiger partial charge in [-0.15, -0.1) is 0 Å². The third-order valence-corrected chi connectivity index (χ3v) is 2.79. The summed E-state index contributed by atoms with van der Waals surface area (Å²) in [5.41, 5.74) is 5.22. The highest BCUT2D eigenvalue weighted by molar-refractivity contribution is 5.82. The van der Waals surface area contributed by atoms with Gasteiger partial charge in [-0.05, 0) is 20.4 Å². The molecule has 3 N–H and O–H groups in total. The number of nitrogens with zero attached hydrogens (tertiary/aromatic N) is 1. The van der Waals surface area contributed by atoms with Crippen molar-refractivity contribution in [3.8, 4) is 0 Å². The minimum absolute atomic E-state index is 0.137. The Balaban J connectivity index is 4.28. The molecule has 0 aliphatic carbocycles. The Morgan fingerprint density at radius 3 is 2.50 bits per heavy atom. The second kappa shape index (κ2) is 5.98. The summed E-state index contributed by atoms with van der Waals surface area (Å²) < 4.78 is 0. The molecule has 0 aromatic rings. The largest absolute Gasteiger partial charge is 0.344 e. The van der Waals surface area contributed by atoms with Gasteiger partial charge in [-0.1, -0.05) is 6.92 Å². The van der Waals surface area contributed by atoms with Gasteiger partial charge in [-0.2, -0.15) is 0 Å². The Labute approximate surface area is 86.8 Å². The van der Waals surface area contributed by atoms with Gasteiger partial charge in [0.1, 0.15) is 0 Å². The number of nitrogens with two attached hydrogens (primary N) is 1. The number of rotatable bonds is 6. The van der Waals surface area contributed by atoms with Crippen molar-refractivity contribution in [1.82, 2.24) is 10.2 Å². The first-order valence-electron chi connectivity index (χ1n) is 5.12. The summed E-state index contributed by atoms with van der Waals surface area (Å²) >= 11 is 0. The number of nitrogens with one attached hydrogen (secondary N) is 1. The lowest BCUT2D eigenvalue weighted by molar-refractivity contribution is -0.139. The molecular formula is C10H23N3O. The molecule has 0 saturated carbocycles. The average Bonchev–Trinajstić information content (AvgIpc) is 2.23. The number of hydrogen-bond acceptors (Lipinski definition) is 3. The summed E-state index contributed by atoms with van der Waals surface area (Å²) in [5.74, 6) is 0.137. The molecule has 0 aromatic heterocycles. The summed E-state index contributed by atoms with van der Waals surface area (Å²) in [6.45, 7) is 5.87. The zero-order valence-electron chi connectivity index (χ0n) is 9.76. The number of amides is 1. The van der Waals surface area contributed by atoms with E-state index in [1.54, 1.807) is 4.90 Å². The van der Waals surface area contributed by atoms with Crippen LogP contribution in [0.2, 0.25) is 0 Å². The van der Waals surface area contributed by atoms with Gasteiger partial charge in [0.25, 0.3) is 0 Å². The highest BCUT2D eigenvalue weighted by Gasteiger charge is 2.31. The first kappa shape index (κ1) is 13.4. The van der Waals surface area contributed by atoms with Crippen molar-refractivity contribution < 1.29 is 4.79 Å². The maximum absolute atomic E-state index is 12.0. The number of carbonyl (C=O) groups is 1. The minimum Gasteiger partial charge on any atom is -0.344 e. The monoisotopic (exact) mass is 201 g/mol. The van der Waals surface area contributed by atoms with Crippen molar-refractivity contribution in [2.24, 2.45) is 11.1 Å². The number of hydrogen-bond donors (Lipinski definition) is 2. The standard InChI is InChI=1S/C10H23N3O/c1-5-10(2,8-11)9(14)13(4)7-6-12-3/h12H,5-8,11H2,1-4H3. The van der Waals surface area contributed by atoms with Crippen LogP contribution in [0.4, 0.5) is 0 Å². The van der Waals surface area contributed by atoms with Gasteiger partial charge in [0.15, 0.2) is 0 Å². The van der Waals surface area contributed by atoms with E-state index in [0.29, 0.717) is 6.54 Å². The summed E-state index contributed by atoms with van der Waals surface area (Å²) in [6, 6.07) is 0. The van der Waals surface area contributed by atoms with E-state index in [1.807, 2.05) is 27.9 Å². The molecule has 0 heterocycles. The van der Waals surface area contributed by atoms with Crippen LogP contribution in [0.1, 0.15) is 20.3 Å². The second-order valence-electron chi connectivity index (χ2n) is 3.95. The van der Waals surface area contributed by atoms with Gasteiger partial charge in [0.05, 0.1) is 5.41 Å². The smallest absolute Gasteiger partial charge is 0.229 e.